The van der Waals surface area contributed by atoms with Crippen LogP contribution >= 0.6 is 0 Å². The van der Waals surface area contributed by atoms with Crippen LogP contribution in [0, 0.1) is 33.8 Å². The summed E-state index contributed by atoms with van der Waals surface area (Å²) in [5.74, 6) is -0.306. The number of rotatable bonds is 10. The van der Waals surface area contributed by atoms with Gasteiger partial charge in [-0.2, -0.15) is 4.98 Å². The third-order valence-corrected chi connectivity index (χ3v) is 21.3. The largest absolute Gasteiger partial charge is 0.489 e. The minimum Gasteiger partial charge on any atom is -0.489 e. The lowest BCUT2D eigenvalue weighted by Gasteiger charge is -2.61. The molecule has 418 valence electrons. The number of aromatic amines is 1. The first-order valence-electron chi connectivity index (χ1n) is 28.8. The van der Waals surface area contributed by atoms with Crippen molar-refractivity contribution in [3.05, 3.63) is 99.7 Å². The number of benzene rings is 3. The van der Waals surface area contributed by atoms with E-state index in [1.54, 1.807) is 6.07 Å². The van der Waals surface area contributed by atoms with Gasteiger partial charge in [0.05, 0.1) is 39.8 Å². The molecule has 79 heavy (non-hydrogen) atoms. The Labute approximate surface area is 460 Å². The maximum Gasteiger partial charge on any atom is 0.297 e. The number of piperidine rings is 1. The second kappa shape index (κ2) is 20.2. The van der Waals surface area contributed by atoms with E-state index in [2.05, 4.69) is 65.8 Å². The van der Waals surface area contributed by atoms with E-state index in [-0.39, 0.29) is 47.0 Å². The molecular formula is C59H71N9O10S. The lowest BCUT2D eigenvalue weighted by Crippen LogP contribution is -2.64. The maximum atomic E-state index is 14.9. The molecule has 20 heteroatoms. The molecule has 0 unspecified atom stereocenters. The molecule has 3 aromatic carbocycles. The van der Waals surface area contributed by atoms with Gasteiger partial charge >= 0.3 is 0 Å². The van der Waals surface area contributed by atoms with Gasteiger partial charge in [-0.3, -0.25) is 24.7 Å². The van der Waals surface area contributed by atoms with Crippen LogP contribution in [0.5, 0.6) is 11.6 Å². The molecule has 9 aliphatic rings. The third kappa shape index (κ3) is 9.17. The number of nitrogens with zero attached hydrogens (tertiary/aromatic N) is 6. The van der Waals surface area contributed by atoms with Gasteiger partial charge in [0.25, 0.3) is 21.6 Å². The molecule has 3 N–H and O–H groups in total. The number of H-pyrrole nitrogens is 1. The number of hydrogen-bond donors (Lipinski definition) is 3. The number of ether oxygens (including phenoxy) is 5. The van der Waals surface area contributed by atoms with Gasteiger partial charge in [0, 0.05) is 113 Å². The monoisotopic (exact) mass is 1100 g/mol. The third-order valence-electron chi connectivity index (χ3n) is 20.0. The summed E-state index contributed by atoms with van der Waals surface area (Å²) in [5.41, 5.74) is 6.01. The minimum absolute atomic E-state index is 0.0346. The lowest BCUT2D eigenvalue weighted by atomic mass is 9.58. The molecule has 0 radical (unpaired) electrons. The zero-order chi connectivity index (χ0) is 53.6. The molecule has 14 rings (SSSR count). The van der Waals surface area contributed by atoms with E-state index >= 15 is 0 Å². The van der Waals surface area contributed by atoms with E-state index in [9.17, 15) is 23.3 Å². The second-order valence-electron chi connectivity index (χ2n) is 24.1. The molecule has 19 nitrogen and oxygen atoms in total. The Balaban J connectivity index is 0.735. The number of carbonyl (C=O) groups is 1. The predicted octanol–water partition coefficient (Wildman–Crippen LogP) is 8.25. The number of aryl methyl sites for hydroxylation is 1. The van der Waals surface area contributed by atoms with Gasteiger partial charge in [-0.15, -0.1) is 0 Å². The van der Waals surface area contributed by atoms with Crippen molar-refractivity contribution in [2.24, 2.45) is 16.7 Å². The quantitative estimate of drug-likeness (QED) is 0.0889. The molecule has 9 heterocycles. The maximum absolute atomic E-state index is 14.9. The molecule has 5 atom stereocenters. The van der Waals surface area contributed by atoms with Crippen molar-refractivity contribution in [3.8, 4) is 11.6 Å². The van der Waals surface area contributed by atoms with Gasteiger partial charge in [-0.05, 0) is 136 Å². The first-order valence-corrected chi connectivity index (χ1v) is 30.3. The molecule has 7 fully saturated rings. The molecule has 2 saturated carbocycles. The normalized spacial score (nSPS) is 27.1. The van der Waals surface area contributed by atoms with Crippen LogP contribution in [0.25, 0.3) is 11.0 Å². The van der Waals surface area contributed by atoms with Gasteiger partial charge in [-0.1, -0.05) is 24.3 Å². The fourth-order valence-corrected chi connectivity index (χ4v) is 16.4. The molecular weight excluding hydrogens is 1030 g/mol. The smallest absolute Gasteiger partial charge is 0.297 e. The van der Waals surface area contributed by atoms with Crippen LogP contribution in [0.1, 0.15) is 98.2 Å². The fourth-order valence-electron chi connectivity index (χ4n) is 15.4. The molecule has 1 amide bonds. The van der Waals surface area contributed by atoms with E-state index in [0.29, 0.717) is 79.3 Å². The van der Waals surface area contributed by atoms with Crippen LogP contribution in [0.2, 0.25) is 0 Å². The van der Waals surface area contributed by atoms with Crippen LogP contribution in [0.3, 0.4) is 0 Å². The zero-order valence-corrected chi connectivity index (χ0v) is 45.7. The number of hydrogen-bond acceptors (Lipinski definition) is 16. The summed E-state index contributed by atoms with van der Waals surface area (Å²) >= 11 is 0. The molecule has 7 aliphatic heterocycles. The van der Waals surface area contributed by atoms with Crippen LogP contribution in [-0.4, -0.2) is 148 Å². The Morgan fingerprint density at radius 1 is 0.848 bits per heavy atom. The van der Waals surface area contributed by atoms with Crippen molar-refractivity contribution in [2.45, 2.75) is 119 Å². The summed E-state index contributed by atoms with van der Waals surface area (Å²) in [6.45, 7) is 11.2. The zero-order valence-electron chi connectivity index (χ0n) is 44.9. The highest BCUT2D eigenvalue weighted by Crippen LogP contribution is 2.56. The fraction of sp³-hybridized carbons (Fsp3) is 0.559. The standard InChI is InChI=1S/C59H71N9O10S/c1-37-4-2-3-5-43(37)50-34-65(53-8-13-59(53)16-26-75-27-17-59)21-22-66(50)41-32-58(33-41)14-19-64(20-15-58)40-6-7-44(47(29-40)67-46-12-25-76-36-52(46)78-57-49(67)28-39-9-18-60-55(39)62-57)56(69)63-79(72,73)42-30-48(68(70)71)54-51(31-42)77-35-45(61-54)38-10-23-74-24-11-38/h2-7,9,18,28-31,38,41,45-46,50,52-53,61H,8,10-17,19-27,32-36H2,1H3,(H,60,62)(H,63,69)/t45-,46-,50-,52-,53+/m0/s1. The SMILES string of the molecule is Cc1ccccc1[C@@H]1CN([C@@H]2CCC23CCOCC3)CCN1C1CC2(CCN(c3ccc(C(=O)NS(=O)(=O)c4cc5c(c([N+](=O)[O-])c4)N[C@H](C4CCOCC4)CO5)c(N4c5cc6cc[nH]c6nc5O[C@H]5COCC[C@@H]54)c3)CC2)C1. The summed E-state index contributed by atoms with van der Waals surface area (Å²) in [7, 11) is -4.70. The molecule has 2 aromatic heterocycles. The minimum atomic E-state index is -4.70. The van der Waals surface area contributed by atoms with E-state index in [1.165, 1.54) is 55.7 Å². The first kappa shape index (κ1) is 51.1. The highest BCUT2D eigenvalue weighted by Gasteiger charge is 2.54. The summed E-state index contributed by atoms with van der Waals surface area (Å²) in [6.07, 6.45) is 12.9. The predicted molar refractivity (Wildman–Crippen MR) is 297 cm³/mol. The molecule has 5 aromatic rings. The Kier molecular flexibility index (Phi) is 13.1. The van der Waals surface area contributed by atoms with Crippen molar-refractivity contribution in [3.63, 3.8) is 0 Å². The first-order chi connectivity index (χ1) is 38.4. The van der Waals surface area contributed by atoms with E-state index in [0.717, 1.165) is 88.8 Å². The van der Waals surface area contributed by atoms with Gasteiger partial charge < -0.3 is 43.8 Å². The average Bonchev–Trinajstić information content (AvgIpc) is 4.11. The number of nitrogens with one attached hydrogen (secondary N) is 3. The molecule has 0 bridgehead atoms. The number of aromatic nitrogens is 2. The highest BCUT2D eigenvalue weighted by atomic mass is 32.2. The highest BCUT2D eigenvalue weighted by molar-refractivity contribution is 7.90. The molecule has 2 aliphatic carbocycles. The van der Waals surface area contributed by atoms with Gasteiger partial charge in [0.1, 0.15) is 24.0 Å². The summed E-state index contributed by atoms with van der Waals surface area (Å²) in [5, 5.41) is 16.7. The van der Waals surface area contributed by atoms with E-state index in [1.807, 2.05) is 30.5 Å². The van der Waals surface area contributed by atoms with E-state index < -0.39 is 37.5 Å². The number of sulfonamides is 1. The number of piperazine rings is 1. The molecule has 2 spiro atoms. The Morgan fingerprint density at radius 3 is 2.43 bits per heavy atom. The van der Waals surface area contributed by atoms with Gasteiger partial charge in [-0.25, -0.2) is 13.1 Å². The lowest BCUT2D eigenvalue weighted by molar-refractivity contribution is -0.384. The average molecular weight is 1100 g/mol. The van der Waals surface area contributed by atoms with Crippen molar-refractivity contribution in [1.82, 2.24) is 24.5 Å². The summed E-state index contributed by atoms with van der Waals surface area (Å²) < 4.78 is 61.2. The van der Waals surface area contributed by atoms with Crippen LogP contribution in [0.4, 0.5) is 28.4 Å². The summed E-state index contributed by atoms with van der Waals surface area (Å²) in [6, 6.07) is 21.9. The summed E-state index contributed by atoms with van der Waals surface area (Å²) in [4.78, 5) is 44.7. The van der Waals surface area contributed by atoms with Crippen LogP contribution in [0.15, 0.2) is 77.8 Å². The van der Waals surface area contributed by atoms with Crippen molar-refractivity contribution in [2.75, 3.05) is 94.1 Å². The van der Waals surface area contributed by atoms with E-state index in [4.69, 9.17) is 28.7 Å². The second-order valence-corrected chi connectivity index (χ2v) is 25.8. The number of nitro groups is 1. The van der Waals surface area contributed by atoms with Gasteiger partial charge in [0.15, 0.2) is 11.4 Å². The van der Waals surface area contributed by atoms with Crippen molar-refractivity contribution < 1.29 is 41.8 Å². The number of fused-ring (bicyclic) bond motifs is 4. The topological polar surface area (TPSA) is 206 Å². The van der Waals surface area contributed by atoms with Crippen LogP contribution in [-0.2, 0) is 24.2 Å². The number of anilines is 4. The molecule has 5 saturated heterocycles. The Hall–Kier alpha value is -6.03. The number of pyridine rings is 1. The van der Waals surface area contributed by atoms with Gasteiger partial charge in [0.2, 0.25) is 5.88 Å². The number of amides is 1. The number of carbonyl (C=O) groups excluding carboxylic acids is 1. The van der Waals surface area contributed by atoms with Crippen LogP contribution < -0.4 is 29.3 Å². The van der Waals surface area contributed by atoms with Crippen molar-refractivity contribution >= 4 is 55.4 Å². The Bertz CT molecular complexity index is 3270. The van der Waals surface area contributed by atoms with Crippen molar-refractivity contribution in [1.29, 1.82) is 0 Å². The Morgan fingerprint density at radius 2 is 1.65 bits per heavy atom. The number of nitro benzene ring substituents is 1.